The Morgan fingerprint density at radius 1 is 1.33 bits per heavy atom. The molecule has 0 radical (unpaired) electrons. The highest BCUT2D eigenvalue weighted by Gasteiger charge is 2.14. The Balaban J connectivity index is 2.67. The Morgan fingerprint density at radius 3 is 2.44 bits per heavy atom. The van der Waals surface area contributed by atoms with Gasteiger partial charge in [0.15, 0.2) is 0 Å². The van der Waals surface area contributed by atoms with Gasteiger partial charge in [0, 0.05) is 13.2 Å². The van der Waals surface area contributed by atoms with Crippen molar-refractivity contribution in [2.45, 2.75) is 18.2 Å². The lowest BCUT2D eigenvalue weighted by molar-refractivity contribution is 0.263. The number of ether oxygens (including phenoxy) is 1. The maximum absolute atomic E-state index is 11.9. The van der Waals surface area contributed by atoms with Crippen molar-refractivity contribution >= 4 is 10.0 Å². The molecule has 1 aromatic carbocycles. The van der Waals surface area contributed by atoms with Crippen molar-refractivity contribution in [3.8, 4) is 5.75 Å². The van der Waals surface area contributed by atoms with Crippen LogP contribution in [0.4, 0.5) is 0 Å². The summed E-state index contributed by atoms with van der Waals surface area (Å²) in [5.41, 5.74) is 0. The van der Waals surface area contributed by atoms with Gasteiger partial charge in [-0.3, -0.25) is 0 Å². The standard InChI is InChI=1S/C12H19NO4S/c1-10(7-8-14)9-13-18(15,16)12-5-3-11(17-2)4-6-12/h3-6,10,13-14H,7-9H2,1-2H3. The summed E-state index contributed by atoms with van der Waals surface area (Å²) >= 11 is 0. The van der Waals surface area contributed by atoms with Crippen LogP contribution in [0, 0.1) is 5.92 Å². The fourth-order valence-corrected chi connectivity index (χ4v) is 2.58. The summed E-state index contributed by atoms with van der Waals surface area (Å²) in [6, 6.07) is 6.20. The van der Waals surface area contributed by atoms with Crippen LogP contribution in [0.15, 0.2) is 29.2 Å². The van der Waals surface area contributed by atoms with Crippen molar-refractivity contribution in [3.63, 3.8) is 0 Å². The fraction of sp³-hybridized carbons (Fsp3) is 0.500. The van der Waals surface area contributed by atoms with Crippen LogP contribution in [0.1, 0.15) is 13.3 Å². The molecule has 0 bridgehead atoms. The van der Waals surface area contributed by atoms with E-state index in [-0.39, 0.29) is 17.4 Å². The van der Waals surface area contributed by atoms with E-state index in [1.165, 1.54) is 19.2 Å². The molecule has 1 unspecified atom stereocenters. The van der Waals surface area contributed by atoms with Crippen LogP contribution in [0.3, 0.4) is 0 Å². The van der Waals surface area contributed by atoms with Gasteiger partial charge < -0.3 is 9.84 Å². The van der Waals surface area contributed by atoms with E-state index >= 15 is 0 Å². The average molecular weight is 273 g/mol. The zero-order chi connectivity index (χ0) is 13.6. The van der Waals surface area contributed by atoms with Gasteiger partial charge in [0.25, 0.3) is 0 Å². The molecule has 6 heteroatoms. The van der Waals surface area contributed by atoms with E-state index in [0.717, 1.165) is 0 Å². The van der Waals surface area contributed by atoms with Gasteiger partial charge in [-0.05, 0) is 36.6 Å². The molecule has 18 heavy (non-hydrogen) atoms. The molecular weight excluding hydrogens is 254 g/mol. The van der Waals surface area contributed by atoms with Crippen molar-refractivity contribution in [2.24, 2.45) is 5.92 Å². The minimum atomic E-state index is -3.49. The van der Waals surface area contributed by atoms with E-state index in [1.807, 2.05) is 6.92 Å². The lowest BCUT2D eigenvalue weighted by Gasteiger charge is -2.11. The first-order valence-electron chi connectivity index (χ1n) is 5.74. The maximum atomic E-state index is 11.9. The third-order valence-corrected chi connectivity index (χ3v) is 4.05. The van der Waals surface area contributed by atoms with Crippen LogP contribution in [0.25, 0.3) is 0 Å². The first-order chi connectivity index (χ1) is 8.49. The number of benzene rings is 1. The first kappa shape index (κ1) is 14.9. The number of rotatable bonds is 7. The smallest absolute Gasteiger partial charge is 0.240 e. The van der Waals surface area contributed by atoms with Crippen LogP contribution in [-0.4, -0.2) is 33.8 Å². The van der Waals surface area contributed by atoms with Crippen molar-refractivity contribution in [3.05, 3.63) is 24.3 Å². The largest absolute Gasteiger partial charge is 0.497 e. The van der Waals surface area contributed by atoms with E-state index in [0.29, 0.717) is 18.7 Å². The van der Waals surface area contributed by atoms with Crippen LogP contribution >= 0.6 is 0 Å². The number of sulfonamides is 1. The van der Waals surface area contributed by atoms with Gasteiger partial charge in [0.05, 0.1) is 12.0 Å². The maximum Gasteiger partial charge on any atom is 0.240 e. The Bertz CT molecular complexity index is 455. The van der Waals surface area contributed by atoms with Crippen LogP contribution in [0.2, 0.25) is 0 Å². The van der Waals surface area contributed by atoms with E-state index in [4.69, 9.17) is 9.84 Å². The Hall–Kier alpha value is -1.11. The van der Waals surface area contributed by atoms with E-state index in [1.54, 1.807) is 12.1 Å². The average Bonchev–Trinajstić information content (AvgIpc) is 2.37. The molecule has 1 aromatic rings. The highest BCUT2D eigenvalue weighted by Crippen LogP contribution is 2.15. The normalized spacial score (nSPS) is 13.3. The summed E-state index contributed by atoms with van der Waals surface area (Å²) in [6.07, 6.45) is 0.575. The molecule has 5 nitrogen and oxygen atoms in total. The molecule has 0 aliphatic carbocycles. The summed E-state index contributed by atoms with van der Waals surface area (Å²) in [7, 11) is -1.96. The number of hydrogen-bond acceptors (Lipinski definition) is 4. The zero-order valence-corrected chi connectivity index (χ0v) is 11.4. The topological polar surface area (TPSA) is 75.6 Å². The minimum Gasteiger partial charge on any atom is -0.497 e. The summed E-state index contributed by atoms with van der Waals surface area (Å²) in [5.74, 6) is 0.714. The van der Waals surface area contributed by atoms with Crippen LogP contribution < -0.4 is 9.46 Å². The molecule has 0 heterocycles. The molecule has 0 aliphatic heterocycles. The number of methoxy groups -OCH3 is 1. The van der Waals surface area contributed by atoms with Crippen LogP contribution in [0.5, 0.6) is 5.75 Å². The SMILES string of the molecule is COc1ccc(S(=O)(=O)NCC(C)CCO)cc1. The zero-order valence-electron chi connectivity index (χ0n) is 10.6. The molecule has 0 saturated carbocycles. The van der Waals surface area contributed by atoms with Gasteiger partial charge in [-0.1, -0.05) is 6.92 Å². The predicted molar refractivity (Wildman–Crippen MR) is 69.0 cm³/mol. The highest BCUT2D eigenvalue weighted by molar-refractivity contribution is 7.89. The number of nitrogens with one attached hydrogen (secondary N) is 1. The highest BCUT2D eigenvalue weighted by atomic mass is 32.2. The van der Waals surface area contributed by atoms with E-state index in [2.05, 4.69) is 4.72 Å². The monoisotopic (exact) mass is 273 g/mol. The van der Waals surface area contributed by atoms with Gasteiger partial charge in [-0.15, -0.1) is 0 Å². The molecule has 0 aliphatic rings. The van der Waals surface area contributed by atoms with Crippen molar-refractivity contribution in [2.75, 3.05) is 20.3 Å². The van der Waals surface area contributed by atoms with Crippen molar-refractivity contribution < 1.29 is 18.3 Å². The van der Waals surface area contributed by atoms with Gasteiger partial charge in [0.1, 0.15) is 5.75 Å². The van der Waals surface area contributed by atoms with Crippen LogP contribution in [-0.2, 0) is 10.0 Å². The Kier molecular flexibility index (Phi) is 5.58. The molecular formula is C12H19NO4S. The lowest BCUT2D eigenvalue weighted by atomic mass is 10.1. The summed E-state index contributed by atoms with van der Waals surface area (Å²) in [6.45, 7) is 2.26. The lowest BCUT2D eigenvalue weighted by Crippen LogP contribution is -2.28. The second kappa shape index (κ2) is 6.72. The second-order valence-corrected chi connectivity index (χ2v) is 5.91. The van der Waals surface area contributed by atoms with Gasteiger partial charge in [-0.2, -0.15) is 0 Å². The van der Waals surface area contributed by atoms with Gasteiger partial charge >= 0.3 is 0 Å². The molecule has 0 fully saturated rings. The molecule has 0 spiro atoms. The molecule has 0 aromatic heterocycles. The molecule has 1 atom stereocenters. The first-order valence-corrected chi connectivity index (χ1v) is 7.22. The molecule has 0 saturated heterocycles. The third-order valence-electron chi connectivity index (χ3n) is 2.61. The van der Waals surface area contributed by atoms with Gasteiger partial charge in [-0.25, -0.2) is 13.1 Å². The minimum absolute atomic E-state index is 0.0609. The predicted octanol–water partition coefficient (Wildman–Crippen LogP) is 0.992. The summed E-state index contributed by atoms with van der Waals surface area (Å²) < 4.78 is 31.3. The van der Waals surface area contributed by atoms with E-state index in [9.17, 15) is 8.42 Å². The van der Waals surface area contributed by atoms with Gasteiger partial charge in [0.2, 0.25) is 10.0 Å². The van der Waals surface area contributed by atoms with Crippen molar-refractivity contribution in [1.29, 1.82) is 0 Å². The third kappa shape index (κ3) is 4.29. The quantitative estimate of drug-likeness (QED) is 0.777. The number of aliphatic hydroxyl groups is 1. The van der Waals surface area contributed by atoms with Crippen molar-refractivity contribution in [1.82, 2.24) is 4.72 Å². The van der Waals surface area contributed by atoms with E-state index < -0.39 is 10.0 Å². The molecule has 2 N–H and O–H groups in total. The number of aliphatic hydroxyl groups excluding tert-OH is 1. The molecule has 102 valence electrons. The number of hydrogen-bond donors (Lipinski definition) is 2. The summed E-state index contributed by atoms with van der Waals surface area (Å²) in [5, 5.41) is 8.75. The second-order valence-electron chi connectivity index (χ2n) is 4.14. The Labute approximate surface area is 108 Å². The summed E-state index contributed by atoms with van der Waals surface area (Å²) in [4.78, 5) is 0.208. The Morgan fingerprint density at radius 2 is 1.94 bits per heavy atom. The fourth-order valence-electron chi connectivity index (χ4n) is 1.41. The molecule has 1 rings (SSSR count). The molecule has 0 amide bonds.